The predicted molar refractivity (Wildman–Crippen MR) is 71.7 cm³/mol. The maximum atomic E-state index is 12.2. The summed E-state index contributed by atoms with van der Waals surface area (Å²) in [6.45, 7) is 4.34. The van der Waals surface area contributed by atoms with Crippen LogP contribution < -0.4 is 5.32 Å². The average molecular weight is 297 g/mol. The van der Waals surface area contributed by atoms with Crippen LogP contribution in [0.1, 0.15) is 33.1 Å². The second-order valence-corrected chi connectivity index (χ2v) is 6.02. The van der Waals surface area contributed by atoms with Gasteiger partial charge in [0.2, 0.25) is 5.91 Å². The number of pyridine rings is 1. The minimum absolute atomic E-state index is 0.106. The Labute approximate surface area is 110 Å². The van der Waals surface area contributed by atoms with Crippen molar-refractivity contribution in [1.29, 1.82) is 0 Å². The van der Waals surface area contributed by atoms with Crippen molar-refractivity contribution in [2.24, 2.45) is 11.3 Å². The Balaban J connectivity index is 2.10. The first kappa shape index (κ1) is 12.6. The predicted octanol–water partition coefficient (Wildman–Crippen LogP) is 3.61. The quantitative estimate of drug-likeness (QED) is 0.847. The molecule has 0 radical (unpaired) electrons. The summed E-state index contributed by atoms with van der Waals surface area (Å²) in [5.74, 6) is 0.218. The highest BCUT2D eigenvalue weighted by Gasteiger charge is 2.39. The van der Waals surface area contributed by atoms with E-state index in [1.165, 1.54) is 0 Å². The maximum Gasteiger partial charge on any atom is 0.228 e. The highest BCUT2D eigenvalue weighted by atomic mass is 79.9. The molecule has 0 bridgehead atoms. The number of hydrogen-bond donors (Lipinski definition) is 1. The van der Waals surface area contributed by atoms with Crippen LogP contribution >= 0.6 is 15.9 Å². The largest absolute Gasteiger partial charge is 0.324 e. The molecule has 1 aromatic heterocycles. The molecule has 1 atom stereocenters. The van der Waals surface area contributed by atoms with E-state index in [9.17, 15) is 4.79 Å². The molecular weight excluding hydrogens is 280 g/mol. The van der Waals surface area contributed by atoms with Crippen molar-refractivity contribution in [2.45, 2.75) is 33.1 Å². The lowest BCUT2D eigenvalue weighted by molar-refractivity contribution is -0.122. The first-order valence-electron chi connectivity index (χ1n) is 5.92. The van der Waals surface area contributed by atoms with Gasteiger partial charge >= 0.3 is 0 Å². The van der Waals surface area contributed by atoms with Gasteiger partial charge in [0, 0.05) is 12.1 Å². The van der Waals surface area contributed by atoms with E-state index in [1.54, 1.807) is 6.20 Å². The standard InChI is InChI=1S/C13H17BrN2O/c1-13(2)7-3-5-9(13)12(17)16-10-6-4-8-15-11(10)14/h4,6,8-9H,3,5,7H2,1-2H3,(H,16,17). The Hall–Kier alpha value is -0.900. The van der Waals surface area contributed by atoms with E-state index >= 15 is 0 Å². The Kier molecular flexibility index (Phi) is 3.52. The van der Waals surface area contributed by atoms with Gasteiger partial charge in [0.05, 0.1) is 5.69 Å². The molecule has 4 heteroatoms. The van der Waals surface area contributed by atoms with Gasteiger partial charge in [-0.05, 0) is 46.3 Å². The minimum Gasteiger partial charge on any atom is -0.324 e. The van der Waals surface area contributed by atoms with E-state index in [4.69, 9.17) is 0 Å². The fraction of sp³-hybridized carbons (Fsp3) is 0.538. The number of nitrogens with one attached hydrogen (secondary N) is 1. The zero-order valence-corrected chi connectivity index (χ0v) is 11.8. The highest BCUT2D eigenvalue weighted by Crippen LogP contribution is 2.43. The first-order valence-corrected chi connectivity index (χ1v) is 6.71. The van der Waals surface area contributed by atoms with E-state index in [1.807, 2.05) is 12.1 Å². The van der Waals surface area contributed by atoms with Crippen LogP contribution in [0, 0.1) is 11.3 Å². The van der Waals surface area contributed by atoms with Crippen LogP contribution in [0.5, 0.6) is 0 Å². The average Bonchev–Trinajstić information content (AvgIpc) is 2.61. The van der Waals surface area contributed by atoms with Gasteiger partial charge in [-0.15, -0.1) is 0 Å². The molecule has 0 aromatic carbocycles. The summed E-state index contributed by atoms with van der Waals surface area (Å²) in [6.07, 6.45) is 4.94. The van der Waals surface area contributed by atoms with Crippen LogP contribution in [0.2, 0.25) is 0 Å². The van der Waals surface area contributed by atoms with Gasteiger partial charge in [-0.1, -0.05) is 20.3 Å². The van der Waals surface area contributed by atoms with Crippen LogP contribution in [0.3, 0.4) is 0 Å². The van der Waals surface area contributed by atoms with E-state index in [2.05, 4.69) is 40.1 Å². The number of rotatable bonds is 2. The first-order chi connectivity index (χ1) is 8.00. The molecule has 0 spiro atoms. The molecule has 1 unspecified atom stereocenters. The Morgan fingerprint density at radius 2 is 2.35 bits per heavy atom. The highest BCUT2D eigenvalue weighted by molar-refractivity contribution is 9.10. The fourth-order valence-electron chi connectivity index (χ4n) is 2.51. The Morgan fingerprint density at radius 3 is 2.94 bits per heavy atom. The van der Waals surface area contributed by atoms with Crippen molar-refractivity contribution in [2.75, 3.05) is 5.32 Å². The van der Waals surface area contributed by atoms with Gasteiger partial charge < -0.3 is 5.32 Å². The van der Waals surface area contributed by atoms with Gasteiger partial charge in [-0.25, -0.2) is 4.98 Å². The molecule has 1 fully saturated rings. The number of anilines is 1. The third-order valence-corrected chi connectivity index (χ3v) is 4.22. The van der Waals surface area contributed by atoms with Crippen molar-refractivity contribution in [3.63, 3.8) is 0 Å². The fourth-order valence-corrected chi connectivity index (χ4v) is 2.86. The number of amides is 1. The number of hydrogen-bond acceptors (Lipinski definition) is 2. The van der Waals surface area contributed by atoms with Crippen molar-refractivity contribution in [3.8, 4) is 0 Å². The molecule has 17 heavy (non-hydrogen) atoms. The van der Waals surface area contributed by atoms with Crippen molar-refractivity contribution in [3.05, 3.63) is 22.9 Å². The minimum atomic E-state index is 0.106. The van der Waals surface area contributed by atoms with Gasteiger partial charge in [0.15, 0.2) is 0 Å². The van der Waals surface area contributed by atoms with Crippen LogP contribution in [-0.2, 0) is 4.79 Å². The maximum absolute atomic E-state index is 12.2. The molecule has 0 aliphatic heterocycles. The molecule has 3 nitrogen and oxygen atoms in total. The number of nitrogens with zero attached hydrogens (tertiary/aromatic N) is 1. The van der Waals surface area contributed by atoms with Crippen LogP contribution in [0.4, 0.5) is 5.69 Å². The monoisotopic (exact) mass is 296 g/mol. The molecule has 1 aliphatic carbocycles. The second kappa shape index (κ2) is 4.77. The summed E-state index contributed by atoms with van der Waals surface area (Å²) < 4.78 is 0.684. The summed E-state index contributed by atoms with van der Waals surface area (Å²) in [6, 6.07) is 3.68. The van der Waals surface area contributed by atoms with Crippen molar-refractivity contribution < 1.29 is 4.79 Å². The molecular formula is C13H17BrN2O. The van der Waals surface area contributed by atoms with Crippen molar-refractivity contribution >= 4 is 27.5 Å². The number of halogens is 1. The Morgan fingerprint density at radius 1 is 1.59 bits per heavy atom. The summed E-state index contributed by atoms with van der Waals surface area (Å²) in [7, 11) is 0. The lowest BCUT2D eigenvalue weighted by Gasteiger charge is -2.25. The van der Waals surface area contributed by atoms with E-state index in [0.29, 0.717) is 4.60 Å². The molecule has 1 amide bonds. The molecule has 0 saturated heterocycles. The number of carbonyl (C=O) groups is 1. The third-order valence-electron chi connectivity index (χ3n) is 3.59. The van der Waals surface area contributed by atoms with Crippen molar-refractivity contribution in [1.82, 2.24) is 4.98 Å². The molecule has 1 aromatic rings. The number of carbonyl (C=O) groups excluding carboxylic acids is 1. The van der Waals surface area contributed by atoms with Crippen LogP contribution in [0.15, 0.2) is 22.9 Å². The second-order valence-electron chi connectivity index (χ2n) is 5.26. The van der Waals surface area contributed by atoms with Crippen LogP contribution in [-0.4, -0.2) is 10.9 Å². The topological polar surface area (TPSA) is 42.0 Å². The van der Waals surface area contributed by atoms with E-state index in [-0.39, 0.29) is 17.2 Å². The molecule has 1 heterocycles. The molecule has 1 aliphatic rings. The SMILES string of the molecule is CC1(C)CCCC1C(=O)Nc1cccnc1Br. The van der Waals surface area contributed by atoms with E-state index in [0.717, 1.165) is 24.9 Å². The zero-order chi connectivity index (χ0) is 12.5. The number of aromatic nitrogens is 1. The van der Waals surface area contributed by atoms with Crippen LogP contribution in [0.25, 0.3) is 0 Å². The normalized spacial score (nSPS) is 22.4. The molecule has 92 valence electrons. The Bertz CT molecular complexity index is 431. The van der Waals surface area contributed by atoms with Gasteiger partial charge in [-0.2, -0.15) is 0 Å². The van der Waals surface area contributed by atoms with Gasteiger partial charge in [0.1, 0.15) is 4.60 Å². The van der Waals surface area contributed by atoms with Gasteiger partial charge in [0.25, 0.3) is 0 Å². The summed E-state index contributed by atoms with van der Waals surface area (Å²) in [5.41, 5.74) is 0.860. The summed E-state index contributed by atoms with van der Waals surface area (Å²) >= 11 is 3.34. The molecule has 1 saturated carbocycles. The zero-order valence-electron chi connectivity index (χ0n) is 10.2. The summed E-state index contributed by atoms with van der Waals surface area (Å²) in [4.78, 5) is 16.3. The lowest BCUT2D eigenvalue weighted by Crippen LogP contribution is -2.30. The summed E-state index contributed by atoms with van der Waals surface area (Å²) in [5, 5.41) is 2.96. The lowest BCUT2D eigenvalue weighted by atomic mass is 9.81. The smallest absolute Gasteiger partial charge is 0.228 e. The molecule has 2 rings (SSSR count). The molecule has 1 N–H and O–H groups in total. The third kappa shape index (κ3) is 2.68. The van der Waals surface area contributed by atoms with Gasteiger partial charge in [-0.3, -0.25) is 4.79 Å². The van der Waals surface area contributed by atoms with E-state index < -0.39 is 0 Å².